The second-order valence-corrected chi connectivity index (χ2v) is 7.74. The molecule has 0 atom stereocenters. The van der Waals surface area contributed by atoms with Gasteiger partial charge in [-0.3, -0.25) is 0 Å². The average Bonchev–Trinajstić information content (AvgIpc) is 2.71. The van der Waals surface area contributed by atoms with E-state index in [0.717, 1.165) is 56.6 Å². The van der Waals surface area contributed by atoms with Crippen molar-refractivity contribution in [2.24, 2.45) is 5.41 Å². The molecule has 0 aliphatic carbocycles. The molecule has 0 radical (unpaired) electrons. The summed E-state index contributed by atoms with van der Waals surface area (Å²) in [6.07, 6.45) is 9.35. The summed E-state index contributed by atoms with van der Waals surface area (Å²) in [5.41, 5.74) is 2.61. The maximum absolute atomic E-state index is 12.6. The molecule has 4 heterocycles. The first-order valence-corrected chi connectivity index (χ1v) is 9.50. The van der Waals surface area contributed by atoms with Gasteiger partial charge in [0, 0.05) is 18.5 Å². The first-order chi connectivity index (χ1) is 12.7. The van der Waals surface area contributed by atoms with Gasteiger partial charge in [0.1, 0.15) is 12.4 Å². The fourth-order valence-electron chi connectivity index (χ4n) is 4.32. The molecular formula is C21H26N2O3. The van der Waals surface area contributed by atoms with Crippen LogP contribution in [-0.2, 0) is 17.7 Å². The van der Waals surface area contributed by atoms with Crippen molar-refractivity contribution in [3.63, 3.8) is 0 Å². The second-order valence-electron chi connectivity index (χ2n) is 7.74. The predicted molar refractivity (Wildman–Crippen MR) is 99.0 cm³/mol. The van der Waals surface area contributed by atoms with Crippen LogP contribution in [0.15, 0.2) is 18.2 Å². The van der Waals surface area contributed by atoms with Crippen molar-refractivity contribution in [1.29, 1.82) is 0 Å². The summed E-state index contributed by atoms with van der Waals surface area (Å²) >= 11 is 0. The Kier molecular flexibility index (Phi) is 4.78. The van der Waals surface area contributed by atoms with Gasteiger partial charge < -0.3 is 19.3 Å². The number of hydrogen-bond donors (Lipinski definition) is 0. The number of piperidine rings is 3. The van der Waals surface area contributed by atoms with E-state index in [0.29, 0.717) is 19.7 Å². The fourth-order valence-corrected chi connectivity index (χ4v) is 4.32. The lowest BCUT2D eigenvalue weighted by Crippen LogP contribution is -2.50. The van der Waals surface area contributed by atoms with E-state index in [1.54, 1.807) is 0 Å². The van der Waals surface area contributed by atoms with Crippen molar-refractivity contribution in [2.75, 3.05) is 39.4 Å². The predicted octanol–water partition coefficient (Wildman–Crippen LogP) is 2.68. The zero-order chi connectivity index (χ0) is 18.0. The number of ether oxygens (including phenoxy) is 2. The van der Waals surface area contributed by atoms with Crippen LogP contribution in [0, 0.1) is 17.8 Å². The number of benzene rings is 1. The highest BCUT2D eigenvalue weighted by molar-refractivity contribution is 5.68. The fraction of sp³-hybridized carbons (Fsp3) is 0.571. The van der Waals surface area contributed by atoms with E-state index in [9.17, 15) is 4.79 Å². The van der Waals surface area contributed by atoms with E-state index >= 15 is 0 Å². The maximum atomic E-state index is 12.6. The van der Waals surface area contributed by atoms with E-state index in [1.165, 1.54) is 5.56 Å². The van der Waals surface area contributed by atoms with Gasteiger partial charge in [0.25, 0.3) is 0 Å². The average molecular weight is 354 g/mol. The minimum absolute atomic E-state index is 0.175. The molecule has 5 nitrogen and oxygen atoms in total. The van der Waals surface area contributed by atoms with Crippen molar-refractivity contribution in [3.8, 4) is 18.1 Å². The van der Waals surface area contributed by atoms with Gasteiger partial charge in [-0.1, -0.05) is 12.0 Å². The van der Waals surface area contributed by atoms with E-state index in [4.69, 9.17) is 15.9 Å². The van der Waals surface area contributed by atoms with Crippen LogP contribution in [0.25, 0.3) is 0 Å². The van der Waals surface area contributed by atoms with Gasteiger partial charge in [0.15, 0.2) is 0 Å². The monoisotopic (exact) mass is 354 g/mol. The highest BCUT2D eigenvalue weighted by Crippen LogP contribution is 2.40. The van der Waals surface area contributed by atoms with E-state index in [2.05, 4.69) is 10.8 Å². The number of nitrogens with zero attached hydrogens (tertiary/aromatic N) is 2. The number of amides is 1. The van der Waals surface area contributed by atoms with Crippen LogP contribution in [0.1, 0.15) is 30.4 Å². The Labute approximate surface area is 155 Å². The number of carbonyl (C=O) groups is 1. The Bertz CT molecular complexity index is 703. The molecule has 0 unspecified atom stereocenters. The first-order valence-electron chi connectivity index (χ1n) is 9.50. The highest BCUT2D eigenvalue weighted by atomic mass is 16.6. The minimum atomic E-state index is -0.175. The van der Waals surface area contributed by atoms with Gasteiger partial charge in [0.2, 0.25) is 0 Å². The van der Waals surface area contributed by atoms with Gasteiger partial charge in [-0.15, -0.1) is 6.42 Å². The molecule has 2 bridgehead atoms. The van der Waals surface area contributed by atoms with Crippen LogP contribution in [0.2, 0.25) is 0 Å². The smallest absolute Gasteiger partial charge is 0.410 e. The largest absolute Gasteiger partial charge is 0.481 e. The normalized spacial score (nSPS) is 26.7. The van der Waals surface area contributed by atoms with Crippen LogP contribution in [0.5, 0.6) is 5.75 Å². The van der Waals surface area contributed by atoms with E-state index in [-0.39, 0.29) is 18.1 Å². The summed E-state index contributed by atoms with van der Waals surface area (Å²) < 4.78 is 11.2. The summed E-state index contributed by atoms with van der Waals surface area (Å²) in [5, 5.41) is 0. The summed E-state index contributed by atoms with van der Waals surface area (Å²) in [5.74, 6) is 3.27. The van der Waals surface area contributed by atoms with Crippen LogP contribution in [0.3, 0.4) is 0 Å². The lowest BCUT2D eigenvalue weighted by atomic mass is 9.73. The molecular weight excluding hydrogens is 328 g/mol. The van der Waals surface area contributed by atoms with E-state index in [1.807, 2.05) is 23.1 Å². The lowest BCUT2D eigenvalue weighted by molar-refractivity contribution is -0.0288. The van der Waals surface area contributed by atoms with Crippen LogP contribution in [0.4, 0.5) is 4.79 Å². The van der Waals surface area contributed by atoms with Gasteiger partial charge in [-0.25, -0.2) is 4.79 Å². The molecule has 26 heavy (non-hydrogen) atoms. The van der Waals surface area contributed by atoms with Crippen molar-refractivity contribution >= 4 is 6.09 Å². The molecule has 4 aliphatic heterocycles. The molecule has 3 saturated heterocycles. The van der Waals surface area contributed by atoms with Gasteiger partial charge in [-0.2, -0.15) is 0 Å². The van der Waals surface area contributed by atoms with Gasteiger partial charge >= 0.3 is 6.09 Å². The lowest BCUT2D eigenvalue weighted by Gasteiger charge is -2.48. The number of fused-ring (bicyclic) bond motifs is 4. The van der Waals surface area contributed by atoms with Crippen molar-refractivity contribution < 1.29 is 14.3 Å². The molecule has 5 heteroatoms. The summed E-state index contributed by atoms with van der Waals surface area (Å²) in [7, 11) is 0. The highest BCUT2D eigenvalue weighted by Gasteiger charge is 2.40. The molecule has 138 valence electrons. The van der Waals surface area contributed by atoms with Crippen LogP contribution in [-0.4, -0.2) is 55.3 Å². The molecule has 1 aromatic carbocycles. The summed E-state index contributed by atoms with van der Waals surface area (Å²) in [4.78, 5) is 16.9. The molecule has 0 aromatic heterocycles. The number of terminal acetylenes is 1. The number of rotatable bonds is 4. The molecule has 5 rings (SSSR count). The van der Waals surface area contributed by atoms with Gasteiger partial charge in [0.05, 0.1) is 6.61 Å². The van der Waals surface area contributed by atoms with Gasteiger partial charge in [-0.05, 0) is 68.6 Å². The topological polar surface area (TPSA) is 42.0 Å². The van der Waals surface area contributed by atoms with Crippen molar-refractivity contribution in [1.82, 2.24) is 9.80 Å². The first kappa shape index (κ1) is 17.2. The summed E-state index contributed by atoms with van der Waals surface area (Å²) in [6, 6.07) is 5.97. The summed E-state index contributed by atoms with van der Waals surface area (Å²) in [6.45, 7) is 5.59. The molecule has 0 N–H and O–H groups in total. The zero-order valence-corrected chi connectivity index (χ0v) is 15.2. The number of carbonyl (C=O) groups excluding carboxylic acids is 1. The quantitative estimate of drug-likeness (QED) is 0.780. The molecule has 1 aromatic rings. The molecule has 4 aliphatic rings. The molecule has 1 amide bonds. The Morgan fingerprint density at radius 2 is 1.92 bits per heavy atom. The maximum Gasteiger partial charge on any atom is 0.410 e. The Morgan fingerprint density at radius 1 is 1.15 bits per heavy atom. The Balaban J connectivity index is 1.33. The molecule has 0 saturated carbocycles. The van der Waals surface area contributed by atoms with Crippen molar-refractivity contribution in [2.45, 2.75) is 32.2 Å². The third-order valence-corrected chi connectivity index (χ3v) is 6.15. The Morgan fingerprint density at radius 3 is 2.65 bits per heavy atom. The zero-order valence-electron chi connectivity index (χ0n) is 15.2. The standard InChI is InChI=1S/C21H26N2O3/c1-2-13-25-19-4-3-18-15-23(9-5-17(18)14-19)20(24)26-16-21-6-10-22(11-7-21)12-8-21/h1,3-4,14H,5-13,15-16H2. The molecule has 0 spiro atoms. The number of hydrogen-bond acceptors (Lipinski definition) is 4. The third-order valence-electron chi connectivity index (χ3n) is 6.15. The second kappa shape index (κ2) is 7.20. The van der Waals surface area contributed by atoms with Crippen LogP contribution >= 0.6 is 0 Å². The Hall–Kier alpha value is -2.19. The van der Waals surface area contributed by atoms with Crippen LogP contribution < -0.4 is 4.74 Å². The minimum Gasteiger partial charge on any atom is -0.481 e. The SMILES string of the molecule is C#CCOc1ccc2c(c1)CCN(C(=O)OCC13CCN(CC1)CC3)C2. The van der Waals surface area contributed by atoms with E-state index < -0.39 is 0 Å². The molecule has 3 fully saturated rings. The van der Waals surface area contributed by atoms with Crippen molar-refractivity contribution in [3.05, 3.63) is 29.3 Å². The third kappa shape index (κ3) is 3.52.